The highest BCUT2D eigenvalue weighted by Crippen LogP contribution is 2.40. The van der Waals surface area contributed by atoms with Crippen molar-refractivity contribution in [1.82, 2.24) is 4.57 Å². The van der Waals surface area contributed by atoms with Crippen LogP contribution in [-0.2, 0) is 8.85 Å². The second-order valence-corrected chi connectivity index (χ2v) is 9.54. The Labute approximate surface area is 113 Å². The molecule has 1 aliphatic carbocycles. The fourth-order valence-corrected chi connectivity index (χ4v) is 7.50. The Bertz CT molecular complexity index is 269. The van der Waals surface area contributed by atoms with Crippen molar-refractivity contribution in [3.63, 3.8) is 0 Å². The highest BCUT2D eigenvalue weighted by molar-refractivity contribution is 6.64. The number of hydrogen-bond acceptors (Lipinski definition) is 3. The monoisotopic (exact) mass is 271 g/mol. The third-order valence-corrected chi connectivity index (χ3v) is 8.79. The molecule has 0 bridgehead atoms. The van der Waals surface area contributed by atoms with Gasteiger partial charge in [-0.3, -0.25) is 4.57 Å². The molecule has 0 amide bonds. The summed E-state index contributed by atoms with van der Waals surface area (Å²) >= 11 is 0. The molecule has 106 valence electrons. The van der Waals surface area contributed by atoms with Crippen molar-refractivity contribution in [3.8, 4) is 0 Å². The predicted octanol–water partition coefficient (Wildman–Crippen LogP) is 3.14. The Morgan fingerprint density at radius 1 is 1.11 bits per heavy atom. The van der Waals surface area contributed by atoms with Gasteiger partial charge in [-0.15, -0.1) is 0 Å². The van der Waals surface area contributed by atoms with Crippen LogP contribution in [0.15, 0.2) is 0 Å². The molecule has 0 radical (unpaired) electrons. The average molecular weight is 271 g/mol. The molecule has 18 heavy (non-hydrogen) atoms. The van der Waals surface area contributed by atoms with Gasteiger partial charge in [-0.1, -0.05) is 26.7 Å². The van der Waals surface area contributed by atoms with Crippen molar-refractivity contribution in [2.45, 2.75) is 58.0 Å². The van der Waals surface area contributed by atoms with Crippen LogP contribution in [-0.4, -0.2) is 40.1 Å². The molecule has 1 aliphatic heterocycles. The van der Waals surface area contributed by atoms with Crippen molar-refractivity contribution < 1.29 is 8.85 Å². The second kappa shape index (κ2) is 6.03. The van der Waals surface area contributed by atoms with Crippen molar-refractivity contribution >= 4 is 8.72 Å². The molecule has 0 N–H and O–H groups in total. The average Bonchev–Trinajstić information content (AvgIpc) is 2.80. The fourth-order valence-electron chi connectivity index (χ4n) is 3.95. The highest BCUT2D eigenvalue weighted by Gasteiger charge is 2.51. The molecule has 2 unspecified atom stereocenters. The third-order valence-electron chi connectivity index (χ3n) is 4.75. The van der Waals surface area contributed by atoms with E-state index in [1.165, 1.54) is 38.6 Å². The van der Waals surface area contributed by atoms with Gasteiger partial charge in [0.25, 0.3) is 0 Å². The highest BCUT2D eigenvalue weighted by atomic mass is 28.4. The van der Waals surface area contributed by atoms with E-state index in [1.807, 2.05) is 14.2 Å². The van der Waals surface area contributed by atoms with Gasteiger partial charge in [0.1, 0.15) is 0 Å². The van der Waals surface area contributed by atoms with Crippen molar-refractivity contribution in [3.05, 3.63) is 0 Å². The molecule has 1 saturated carbocycles. The fraction of sp³-hybridized carbons (Fsp3) is 1.00. The maximum atomic E-state index is 5.97. The molecule has 4 heteroatoms. The number of hydrogen-bond donors (Lipinski definition) is 0. The van der Waals surface area contributed by atoms with Crippen molar-refractivity contribution in [2.75, 3.05) is 20.8 Å². The van der Waals surface area contributed by atoms with E-state index in [2.05, 4.69) is 18.4 Å². The van der Waals surface area contributed by atoms with Crippen molar-refractivity contribution in [2.24, 2.45) is 11.8 Å². The Kier molecular flexibility index (Phi) is 4.86. The van der Waals surface area contributed by atoms with E-state index >= 15 is 0 Å². The van der Waals surface area contributed by atoms with Gasteiger partial charge in [0.15, 0.2) is 0 Å². The zero-order chi connectivity index (χ0) is 13.2. The normalized spacial score (nSPS) is 29.8. The Morgan fingerprint density at radius 3 is 2.39 bits per heavy atom. The minimum Gasteiger partial charge on any atom is -0.386 e. The SMILES string of the molecule is CO[Si](CC(C)C)(OC)N1CCC2CCCCC21. The van der Waals surface area contributed by atoms with Crippen LogP contribution in [0.2, 0.25) is 6.04 Å². The van der Waals surface area contributed by atoms with E-state index in [-0.39, 0.29) is 0 Å². The quantitative estimate of drug-likeness (QED) is 0.717. The lowest BCUT2D eigenvalue weighted by Crippen LogP contribution is -2.60. The molecule has 2 atom stereocenters. The zero-order valence-electron chi connectivity index (χ0n) is 12.4. The molecular formula is C14H29NO2Si. The van der Waals surface area contributed by atoms with Crippen LogP contribution >= 0.6 is 0 Å². The summed E-state index contributed by atoms with van der Waals surface area (Å²) in [6.45, 7) is 5.73. The standard InChI is InChI=1S/C14H29NO2Si/c1-12(2)11-18(16-3,17-4)15-10-9-13-7-5-6-8-14(13)15/h12-14H,5-11H2,1-4H3. The van der Waals surface area contributed by atoms with Gasteiger partial charge in [0.2, 0.25) is 0 Å². The second-order valence-electron chi connectivity index (χ2n) is 6.31. The summed E-state index contributed by atoms with van der Waals surface area (Å²) in [7, 11) is 1.56. The first-order chi connectivity index (χ1) is 8.63. The summed E-state index contributed by atoms with van der Waals surface area (Å²) in [4.78, 5) is 0. The maximum Gasteiger partial charge on any atom is 0.427 e. The Hall–Kier alpha value is 0.0969. The molecule has 0 spiro atoms. The molecule has 2 fully saturated rings. The van der Waals surface area contributed by atoms with E-state index in [1.54, 1.807) is 0 Å². The summed E-state index contributed by atoms with van der Waals surface area (Å²) in [5.74, 6) is 1.54. The van der Waals surface area contributed by atoms with Crippen LogP contribution in [0.3, 0.4) is 0 Å². The van der Waals surface area contributed by atoms with Crippen molar-refractivity contribution in [1.29, 1.82) is 0 Å². The smallest absolute Gasteiger partial charge is 0.386 e. The largest absolute Gasteiger partial charge is 0.427 e. The Balaban J connectivity index is 2.15. The van der Waals surface area contributed by atoms with E-state index < -0.39 is 8.72 Å². The lowest BCUT2D eigenvalue weighted by Gasteiger charge is -2.42. The predicted molar refractivity (Wildman–Crippen MR) is 76.5 cm³/mol. The van der Waals surface area contributed by atoms with E-state index in [0.29, 0.717) is 5.92 Å². The summed E-state index contributed by atoms with van der Waals surface area (Å²) in [5, 5.41) is 0. The molecule has 2 aliphatic rings. The molecule has 0 aromatic carbocycles. The van der Waals surface area contributed by atoms with Gasteiger partial charge in [-0.05, 0) is 37.6 Å². The summed E-state index contributed by atoms with van der Waals surface area (Å²) in [6, 6.07) is 1.83. The summed E-state index contributed by atoms with van der Waals surface area (Å²) in [6.07, 6.45) is 6.93. The first kappa shape index (κ1) is 14.5. The van der Waals surface area contributed by atoms with Crippen LogP contribution in [0.25, 0.3) is 0 Å². The van der Waals surface area contributed by atoms with E-state index in [0.717, 1.165) is 18.0 Å². The number of fused-ring (bicyclic) bond motifs is 1. The van der Waals surface area contributed by atoms with Crippen LogP contribution in [0.5, 0.6) is 0 Å². The van der Waals surface area contributed by atoms with Crippen LogP contribution < -0.4 is 0 Å². The number of nitrogens with zero attached hydrogens (tertiary/aromatic N) is 1. The summed E-state index contributed by atoms with van der Waals surface area (Å²) in [5.41, 5.74) is 0. The van der Waals surface area contributed by atoms with Crippen LogP contribution in [0.4, 0.5) is 0 Å². The van der Waals surface area contributed by atoms with Gasteiger partial charge < -0.3 is 8.85 Å². The molecular weight excluding hydrogens is 242 g/mol. The third kappa shape index (κ3) is 2.67. The van der Waals surface area contributed by atoms with E-state index in [9.17, 15) is 0 Å². The topological polar surface area (TPSA) is 21.7 Å². The molecule has 0 aromatic rings. The first-order valence-corrected chi connectivity index (χ1v) is 9.47. The van der Waals surface area contributed by atoms with E-state index in [4.69, 9.17) is 8.85 Å². The maximum absolute atomic E-state index is 5.97. The number of rotatable bonds is 5. The van der Waals surface area contributed by atoms with Gasteiger partial charge in [0, 0.05) is 26.3 Å². The van der Waals surface area contributed by atoms with Crippen LogP contribution in [0, 0.1) is 11.8 Å². The summed E-state index contributed by atoms with van der Waals surface area (Å²) < 4.78 is 14.6. The molecule has 1 saturated heterocycles. The zero-order valence-corrected chi connectivity index (χ0v) is 13.4. The Morgan fingerprint density at radius 2 is 1.78 bits per heavy atom. The minimum absolute atomic E-state index is 0.638. The lowest BCUT2D eigenvalue weighted by atomic mass is 9.86. The van der Waals surface area contributed by atoms with Gasteiger partial charge in [-0.25, -0.2) is 0 Å². The van der Waals surface area contributed by atoms with Gasteiger partial charge in [0.05, 0.1) is 0 Å². The molecule has 1 heterocycles. The van der Waals surface area contributed by atoms with Gasteiger partial charge in [-0.2, -0.15) is 0 Å². The first-order valence-electron chi connectivity index (χ1n) is 7.50. The molecule has 2 rings (SSSR count). The van der Waals surface area contributed by atoms with Gasteiger partial charge >= 0.3 is 8.72 Å². The molecule has 0 aromatic heterocycles. The minimum atomic E-state index is -2.15. The van der Waals surface area contributed by atoms with Crippen LogP contribution in [0.1, 0.15) is 46.0 Å². The molecule has 3 nitrogen and oxygen atoms in total. The lowest BCUT2D eigenvalue weighted by molar-refractivity contribution is 0.130.